The number of aliphatic hydroxyl groups excluding tert-OH is 2. The van der Waals surface area contributed by atoms with E-state index in [0.29, 0.717) is 6.42 Å². The smallest absolute Gasteiger partial charge is 0.155 e. The lowest BCUT2D eigenvalue weighted by molar-refractivity contribution is -0.173. The van der Waals surface area contributed by atoms with Crippen LogP contribution < -0.4 is 0 Å². The van der Waals surface area contributed by atoms with Crippen LogP contribution in [0.15, 0.2) is 0 Å². The van der Waals surface area contributed by atoms with Crippen LogP contribution in [0.3, 0.4) is 0 Å². The zero-order valence-corrected chi connectivity index (χ0v) is 5.45. The number of rotatable bonds is 0. The molecular formula is C6H12O3. The van der Waals surface area contributed by atoms with Crippen molar-refractivity contribution < 1.29 is 14.9 Å². The van der Waals surface area contributed by atoms with Gasteiger partial charge in [0.15, 0.2) is 6.29 Å². The summed E-state index contributed by atoms with van der Waals surface area (Å²) in [5.74, 6) is 0.161. The molecule has 0 amide bonds. The molecule has 1 aliphatic heterocycles. The molecule has 1 rings (SSSR count). The molecular weight excluding hydrogens is 120 g/mol. The maximum Gasteiger partial charge on any atom is 0.155 e. The first-order valence-corrected chi connectivity index (χ1v) is 3.18. The van der Waals surface area contributed by atoms with E-state index < -0.39 is 12.4 Å². The molecule has 1 aliphatic rings. The van der Waals surface area contributed by atoms with Crippen molar-refractivity contribution in [3.8, 4) is 0 Å². The molecule has 0 bridgehead atoms. The van der Waals surface area contributed by atoms with Gasteiger partial charge in [0.1, 0.15) is 0 Å². The van der Waals surface area contributed by atoms with Gasteiger partial charge in [0.25, 0.3) is 0 Å². The molecule has 3 heteroatoms. The van der Waals surface area contributed by atoms with Gasteiger partial charge in [0.05, 0.1) is 12.7 Å². The maximum atomic E-state index is 9.06. The van der Waals surface area contributed by atoms with E-state index in [0.717, 1.165) is 0 Å². The average molecular weight is 132 g/mol. The van der Waals surface area contributed by atoms with Crippen molar-refractivity contribution >= 4 is 0 Å². The van der Waals surface area contributed by atoms with Gasteiger partial charge in [0, 0.05) is 6.42 Å². The van der Waals surface area contributed by atoms with Crippen molar-refractivity contribution in [2.24, 2.45) is 5.92 Å². The molecule has 3 nitrogen and oxygen atoms in total. The highest BCUT2D eigenvalue weighted by Gasteiger charge is 2.24. The fourth-order valence-corrected chi connectivity index (χ4v) is 0.917. The lowest BCUT2D eigenvalue weighted by Crippen LogP contribution is -2.35. The van der Waals surface area contributed by atoms with Gasteiger partial charge in [-0.2, -0.15) is 0 Å². The topological polar surface area (TPSA) is 49.7 Å². The molecule has 54 valence electrons. The summed E-state index contributed by atoms with van der Waals surface area (Å²) in [4.78, 5) is 0. The van der Waals surface area contributed by atoms with Gasteiger partial charge in [-0.3, -0.25) is 0 Å². The van der Waals surface area contributed by atoms with E-state index in [1.165, 1.54) is 0 Å². The molecule has 0 aliphatic carbocycles. The van der Waals surface area contributed by atoms with Crippen LogP contribution in [0.2, 0.25) is 0 Å². The lowest BCUT2D eigenvalue weighted by atomic mass is 9.99. The summed E-state index contributed by atoms with van der Waals surface area (Å²) in [6, 6.07) is 0. The van der Waals surface area contributed by atoms with Gasteiger partial charge in [-0.1, -0.05) is 6.92 Å². The molecule has 3 unspecified atom stereocenters. The van der Waals surface area contributed by atoms with Crippen molar-refractivity contribution in [2.75, 3.05) is 6.61 Å². The highest BCUT2D eigenvalue weighted by molar-refractivity contribution is 4.69. The molecule has 0 saturated carbocycles. The average Bonchev–Trinajstić information content (AvgIpc) is 1.80. The summed E-state index contributed by atoms with van der Waals surface area (Å²) >= 11 is 0. The second kappa shape index (κ2) is 2.64. The van der Waals surface area contributed by atoms with E-state index in [1.807, 2.05) is 6.92 Å². The third-order valence-corrected chi connectivity index (χ3v) is 1.69. The van der Waals surface area contributed by atoms with E-state index in [2.05, 4.69) is 0 Å². The van der Waals surface area contributed by atoms with Crippen molar-refractivity contribution in [2.45, 2.75) is 25.7 Å². The van der Waals surface area contributed by atoms with E-state index in [9.17, 15) is 0 Å². The Bertz CT molecular complexity index is 94.3. The molecule has 3 atom stereocenters. The standard InChI is InChI=1S/C6H12O3/c1-4-2-6(8)9-3-5(4)7/h4-8H,2-3H2,1H3. The predicted octanol–water partition coefficient (Wildman–Crippen LogP) is -0.278. The summed E-state index contributed by atoms with van der Waals surface area (Å²) in [5, 5.41) is 17.9. The summed E-state index contributed by atoms with van der Waals surface area (Å²) < 4.78 is 4.77. The van der Waals surface area contributed by atoms with E-state index in [-0.39, 0.29) is 12.5 Å². The van der Waals surface area contributed by atoms with Gasteiger partial charge in [-0.05, 0) is 5.92 Å². The number of hydrogen-bond donors (Lipinski definition) is 2. The van der Waals surface area contributed by atoms with Gasteiger partial charge >= 0.3 is 0 Å². The Labute approximate surface area is 54.3 Å². The molecule has 1 heterocycles. The highest BCUT2D eigenvalue weighted by atomic mass is 16.6. The van der Waals surface area contributed by atoms with Crippen LogP contribution in [0, 0.1) is 5.92 Å². The first kappa shape index (κ1) is 6.99. The van der Waals surface area contributed by atoms with E-state index in [1.54, 1.807) is 0 Å². The fourth-order valence-electron chi connectivity index (χ4n) is 0.917. The van der Waals surface area contributed by atoms with Gasteiger partial charge in [-0.25, -0.2) is 0 Å². The normalized spacial score (nSPS) is 45.0. The second-order valence-corrected chi connectivity index (χ2v) is 2.57. The second-order valence-electron chi connectivity index (χ2n) is 2.57. The van der Waals surface area contributed by atoms with Crippen molar-refractivity contribution in [1.29, 1.82) is 0 Å². The fraction of sp³-hybridized carbons (Fsp3) is 1.00. The quantitative estimate of drug-likeness (QED) is 0.476. The minimum atomic E-state index is -0.664. The highest BCUT2D eigenvalue weighted by Crippen LogP contribution is 2.17. The zero-order chi connectivity index (χ0) is 6.85. The van der Waals surface area contributed by atoms with Gasteiger partial charge in [-0.15, -0.1) is 0 Å². The predicted molar refractivity (Wildman–Crippen MR) is 31.7 cm³/mol. The number of ether oxygens (including phenoxy) is 1. The minimum absolute atomic E-state index is 0.161. The third kappa shape index (κ3) is 1.64. The number of aliphatic hydroxyl groups is 2. The monoisotopic (exact) mass is 132 g/mol. The van der Waals surface area contributed by atoms with Crippen molar-refractivity contribution in [3.05, 3.63) is 0 Å². The Morgan fingerprint density at radius 3 is 2.56 bits per heavy atom. The molecule has 0 radical (unpaired) electrons. The maximum absolute atomic E-state index is 9.06. The van der Waals surface area contributed by atoms with Crippen molar-refractivity contribution in [3.63, 3.8) is 0 Å². The summed E-state index contributed by atoms with van der Waals surface area (Å²) in [5.41, 5.74) is 0. The van der Waals surface area contributed by atoms with Gasteiger partial charge in [0.2, 0.25) is 0 Å². The molecule has 9 heavy (non-hydrogen) atoms. The number of hydrogen-bond acceptors (Lipinski definition) is 3. The summed E-state index contributed by atoms with van der Waals surface area (Å²) in [6.45, 7) is 2.17. The van der Waals surface area contributed by atoms with Crippen LogP contribution >= 0.6 is 0 Å². The molecule has 0 aromatic rings. The van der Waals surface area contributed by atoms with Crippen LogP contribution in [0.4, 0.5) is 0 Å². The minimum Gasteiger partial charge on any atom is -0.390 e. The molecule has 0 aromatic heterocycles. The Hall–Kier alpha value is -0.120. The van der Waals surface area contributed by atoms with Crippen LogP contribution in [-0.2, 0) is 4.74 Å². The Balaban J connectivity index is 2.35. The van der Waals surface area contributed by atoms with Gasteiger partial charge < -0.3 is 14.9 Å². The van der Waals surface area contributed by atoms with Crippen LogP contribution in [0.1, 0.15) is 13.3 Å². The first-order valence-electron chi connectivity index (χ1n) is 3.18. The van der Waals surface area contributed by atoms with Crippen LogP contribution in [0.25, 0.3) is 0 Å². The molecule has 2 N–H and O–H groups in total. The SMILES string of the molecule is CC1CC(O)OCC1O. The van der Waals surface area contributed by atoms with Crippen LogP contribution in [-0.4, -0.2) is 29.2 Å². The molecule has 1 fully saturated rings. The van der Waals surface area contributed by atoms with Crippen molar-refractivity contribution in [1.82, 2.24) is 0 Å². The first-order chi connectivity index (χ1) is 4.20. The summed E-state index contributed by atoms with van der Waals surface area (Å²) in [6.07, 6.45) is -0.516. The Morgan fingerprint density at radius 2 is 2.11 bits per heavy atom. The van der Waals surface area contributed by atoms with Crippen LogP contribution in [0.5, 0.6) is 0 Å². The van der Waals surface area contributed by atoms with E-state index >= 15 is 0 Å². The third-order valence-electron chi connectivity index (χ3n) is 1.69. The lowest BCUT2D eigenvalue weighted by Gasteiger charge is -2.27. The zero-order valence-electron chi connectivity index (χ0n) is 5.45. The molecule has 0 spiro atoms. The largest absolute Gasteiger partial charge is 0.390 e. The molecule has 1 saturated heterocycles. The Morgan fingerprint density at radius 1 is 1.44 bits per heavy atom. The summed E-state index contributed by atoms with van der Waals surface area (Å²) in [7, 11) is 0. The Kier molecular flexibility index (Phi) is 2.05. The van der Waals surface area contributed by atoms with E-state index in [4.69, 9.17) is 14.9 Å². The molecule has 0 aromatic carbocycles.